The Labute approximate surface area is 153 Å². The molecule has 0 saturated carbocycles. The maximum absolute atomic E-state index is 13.1. The van der Waals surface area contributed by atoms with E-state index in [9.17, 15) is 13.2 Å². The fourth-order valence-electron chi connectivity index (χ4n) is 3.59. The second-order valence-corrected chi connectivity index (χ2v) is 8.47. The van der Waals surface area contributed by atoms with Gasteiger partial charge in [-0.15, -0.1) is 0 Å². The average molecular weight is 372 g/mol. The van der Waals surface area contributed by atoms with Crippen molar-refractivity contribution in [2.75, 3.05) is 28.6 Å². The van der Waals surface area contributed by atoms with E-state index < -0.39 is 16.1 Å². The van der Waals surface area contributed by atoms with Crippen molar-refractivity contribution in [1.82, 2.24) is 0 Å². The molecule has 7 heteroatoms. The van der Waals surface area contributed by atoms with Gasteiger partial charge in [-0.2, -0.15) is 0 Å². The first kappa shape index (κ1) is 16.9. The van der Waals surface area contributed by atoms with Crippen LogP contribution in [0.5, 0.6) is 5.75 Å². The maximum Gasteiger partial charge on any atom is 0.268 e. The quantitative estimate of drug-likeness (QED) is 0.811. The topological polar surface area (TPSA) is 66.9 Å². The Bertz CT molecular complexity index is 958. The lowest BCUT2D eigenvalue weighted by molar-refractivity contribution is -0.125. The van der Waals surface area contributed by atoms with Gasteiger partial charge in [-0.05, 0) is 30.2 Å². The second-order valence-electron chi connectivity index (χ2n) is 6.57. The van der Waals surface area contributed by atoms with Crippen molar-refractivity contribution in [3.05, 3.63) is 54.1 Å². The summed E-state index contributed by atoms with van der Waals surface area (Å²) in [7, 11) is -3.45. The molecule has 0 aliphatic carbocycles. The molecule has 0 saturated heterocycles. The van der Waals surface area contributed by atoms with Crippen LogP contribution in [0.2, 0.25) is 0 Å². The standard InChI is InChI=1S/C19H20N2O4S/c1-26(23,24)21-13-11-18(25-17-9-5-4-8-16(17)21)19(22)20-12-10-14-6-2-3-7-15(14)20/h2-9,18H,10-13H2,1H3/t18-/m0/s1. The highest BCUT2D eigenvalue weighted by Crippen LogP contribution is 2.35. The van der Waals surface area contributed by atoms with Gasteiger partial charge in [-0.3, -0.25) is 9.10 Å². The highest BCUT2D eigenvalue weighted by Gasteiger charge is 2.35. The molecule has 2 heterocycles. The number of sulfonamides is 1. The molecule has 0 N–H and O–H groups in total. The van der Waals surface area contributed by atoms with Gasteiger partial charge in [0.1, 0.15) is 5.75 Å². The van der Waals surface area contributed by atoms with E-state index in [1.165, 1.54) is 10.6 Å². The van der Waals surface area contributed by atoms with Crippen molar-refractivity contribution in [3.63, 3.8) is 0 Å². The van der Waals surface area contributed by atoms with Crippen LogP contribution in [-0.2, 0) is 21.2 Å². The Morgan fingerprint density at radius 2 is 1.73 bits per heavy atom. The zero-order valence-electron chi connectivity index (χ0n) is 14.5. The van der Waals surface area contributed by atoms with Gasteiger partial charge in [0.05, 0.1) is 11.9 Å². The van der Waals surface area contributed by atoms with Gasteiger partial charge in [0, 0.05) is 25.2 Å². The van der Waals surface area contributed by atoms with Crippen LogP contribution >= 0.6 is 0 Å². The molecule has 136 valence electrons. The minimum Gasteiger partial charge on any atom is -0.478 e. The van der Waals surface area contributed by atoms with E-state index >= 15 is 0 Å². The Morgan fingerprint density at radius 1 is 1.04 bits per heavy atom. The summed E-state index contributed by atoms with van der Waals surface area (Å²) in [6.07, 6.45) is 1.58. The summed E-state index contributed by atoms with van der Waals surface area (Å²) in [5.74, 6) is 0.293. The van der Waals surface area contributed by atoms with Gasteiger partial charge < -0.3 is 9.64 Å². The molecule has 26 heavy (non-hydrogen) atoms. The number of nitrogens with zero attached hydrogens (tertiary/aromatic N) is 2. The third-order valence-electron chi connectivity index (χ3n) is 4.83. The molecule has 0 spiro atoms. The summed E-state index contributed by atoms with van der Waals surface area (Å²) in [6, 6.07) is 14.8. The molecule has 1 amide bonds. The lowest BCUT2D eigenvalue weighted by atomic mass is 10.1. The maximum atomic E-state index is 13.1. The minimum absolute atomic E-state index is 0.125. The zero-order chi connectivity index (χ0) is 18.3. The number of para-hydroxylation sites is 3. The number of ether oxygens (including phenoxy) is 1. The second kappa shape index (κ2) is 6.32. The summed E-state index contributed by atoms with van der Waals surface area (Å²) in [4.78, 5) is 14.9. The SMILES string of the molecule is CS(=O)(=O)N1CC[C@@H](C(=O)N2CCc3ccccc32)Oc2ccccc21. The van der Waals surface area contributed by atoms with Crippen LogP contribution in [0.4, 0.5) is 11.4 Å². The smallest absolute Gasteiger partial charge is 0.268 e. The van der Waals surface area contributed by atoms with Crippen molar-refractivity contribution in [2.45, 2.75) is 18.9 Å². The molecule has 1 atom stereocenters. The number of anilines is 2. The van der Waals surface area contributed by atoms with Crippen LogP contribution in [-0.4, -0.2) is 39.8 Å². The van der Waals surface area contributed by atoms with Gasteiger partial charge >= 0.3 is 0 Å². The highest BCUT2D eigenvalue weighted by atomic mass is 32.2. The van der Waals surface area contributed by atoms with E-state index in [0.717, 1.165) is 17.7 Å². The number of fused-ring (bicyclic) bond motifs is 2. The summed E-state index contributed by atoms with van der Waals surface area (Å²) in [6.45, 7) is 0.831. The van der Waals surface area contributed by atoms with Crippen molar-refractivity contribution in [1.29, 1.82) is 0 Å². The number of amides is 1. The monoisotopic (exact) mass is 372 g/mol. The molecule has 4 rings (SSSR count). The Morgan fingerprint density at radius 3 is 2.50 bits per heavy atom. The largest absolute Gasteiger partial charge is 0.478 e. The first-order valence-corrected chi connectivity index (χ1v) is 10.4. The molecule has 2 aromatic carbocycles. The van der Waals surface area contributed by atoms with E-state index in [1.807, 2.05) is 24.3 Å². The lowest BCUT2D eigenvalue weighted by Crippen LogP contribution is -2.42. The minimum atomic E-state index is -3.45. The number of benzene rings is 2. The van der Waals surface area contributed by atoms with E-state index in [-0.39, 0.29) is 12.5 Å². The van der Waals surface area contributed by atoms with Crippen LogP contribution < -0.4 is 13.9 Å². The van der Waals surface area contributed by atoms with Gasteiger partial charge in [0.15, 0.2) is 6.10 Å². The van der Waals surface area contributed by atoms with E-state index in [0.29, 0.717) is 24.4 Å². The van der Waals surface area contributed by atoms with Crippen molar-refractivity contribution in [2.24, 2.45) is 0 Å². The zero-order valence-corrected chi connectivity index (χ0v) is 15.3. The van der Waals surface area contributed by atoms with Gasteiger partial charge in [-0.25, -0.2) is 8.42 Å². The molecule has 2 aliphatic rings. The number of carbonyl (C=O) groups excluding carboxylic acids is 1. The van der Waals surface area contributed by atoms with Gasteiger partial charge in [-0.1, -0.05) is 30.3 Å². The van der Waals surface area contributed by atoms with E-state index in [4.69, 9.17) is 4.74 Å². The Hall–Kier alpha value is -2.54. The molecule has 0 unspecified atom stereocenters. The number of hydrogen-bond donors (Lipinski definition) is 0. The normalized spacial score (nSPS) is 19.3. The lowest BCUT2D eigenvalue weighted by Gasteiger charge is -2.23. The Balaban J connectivity index is 1.65. The van der Waals surface area contributed by atoms with Crippen LogP contribution in [0.3, 0.4) is 0 Å². The summed E-state index contributed by atoms with van der Waals surface area (Å²) in [5.41, 5.74) is 2.54. The van der Waals surface area contributed by atoms with Gasteiger partial charge in [0.25, 0.3) is 5.91 Å². The third-order valence-corrected chi connectivity index (χ3v) is 6.01. The van der Waals surface area contributed by atoms with E-state index in [1.54, 1.807) is 29.2 Å². The molecule has 0 radical (unpaired) electrons. The molecule has 2 aliphatic heterocycles. The fraction of sp³-hybridized carbons (Fsp3) is 0.316. The predicted molar refractivity (Wildman–Crippen MR) is 100 cm³/mol. The molecule has 2 aromatic rings. The van der Waals surface area contributed by atoms with Crippen molar-refractivity contribution in [3.8, 4) is 5.75 Å². The number of rotatable bonds is 2. The average Bonchev–Trinajstić information content (AvgIpc) is 2.93. The van der Waals surface area contributed by atoms with Crippen LogP contribution in [0.1, 0.15) is 12.0 Å². The first-order valence-electron chi connectivity index (χ1n) is 8.58. The van der Waals surface area contributed by atoms with Gasteiger partial charge in [0.2, 0.25) is 10.0 Å². The van der Waals surface area contributed by atoms with Crippen LogP contribution in [0.15, 0.2) is 48.5 Å². The third kappa shape index (κ3) is 2.92. The highest BCUT2D eigenvalue weighted by molar-refractivity contribution is 7.92. The van der Waals surface area contributed by atoms with Crippen LogP contribution in [0.25, 0.3) is 0 Å². The van der Waals surface area contributed by atoms with E-state index in [2.05, 4.69) is 0 Å². The molecule has 0 fully saturated rings. The fourth-order valence-corrected chi connectivity index (χ4v) is 4.53. The van der Waals surface area contributed by atoms with Crippen molar-refractivity contribution < 1.29 is 17.9 Å². The molecule has 0 bridgehead atoms. The van der Waals surface area contributed by atoms with Crippen LogP contribution in [0, 0.1) is 0 Å². The summed E-state index contributed by atoms with van der Waals surface area (Å²) >= 11 is 0. The molecular weight excluding hydrogens is 352 g/mol. The summed E-state index contributed by atoms with van der Waals surface area (Å²) < 4.78 is 31.6. The Kier molecular flexibility index (Phi) is 4.11. The molecule has 0 aromatic heterocycles. The van der Waals surface area contributed by atoms with Crippen molar-refractivity contribution >= 4 is 27.3 Å². The number of hydrogen-bond acceptors (Lipinski definition) is 4. The summed E-state index contributed by atoms with van der Waals surface area (Å²) in [5, 5.41) is 0. The molecular formula is C19H20N2O4S. The molecule has 6 nitrogen and oxygen atoms in total. The predicted octanol–water partition coefficient (Wildman–Crippen LogP) is 2.19. The number of carbonyl (C=O) groups is 1. The first-order chi connectivity index (χ1) is 12.4.